The molecule has 0 spiro atoms. The molecule has 2 rings (SSSR count). The molecule has 1 aliphatic heterocycles. The molecule has 3 atom stereocenters. The van der Waals surface area contributed by atoms with Crippen molar-refractivity contribution in [3.05, 3.63) is 28.2 Å². The number of benzene rings is 1. The van der Waals surface area contributed by atoms with Crippen LogP contribution in [0.5, 0.6) is 0 Å². The van der Waals surface area contributed by atoms with Gasteiger partial charge in [0.1, 0.15) is 0 Å². The van der Waals surface area contributed by atoms with Gasteiger partial charge in [0, 0.05) is 23.5 Å². The maximum atomic E-state index is 9.63. The Labute approximate surface area is 117 Å². The summed E-state index contributed by atoms with van der Waals surface area (Å²) in [4.78, 5) is 2.29. The molecule has 18 heavy (non-hydrogen) atoms. The topological polar surface area (TPSA) is 43.7 Å². The molecule has 1 saturated heterocycles. The fourth-order valence-electron chi connectivity index (χ4n) is 2.44. The minimum atomic E-state index is -0.445. The third-order valence-electron chi connectivity index (χ3n) is 3.70. The maximum absolute atomic E-state index is 9.63. The lowest BCUT2D eigenvalue weighted by Crippen LogP contribution is -2.24. The number of anilines is 1. The summed E-state index contributed by atoms with van der Waals surface area (Å²) in [6.45, 7) is 5.49. The van der Waals surface area contributed by atoms with Crippen LogP contribution in [0.2, 0.25) is 0 Å². The van der Waals surface area contributed by atoms with Crippen molar-refractivity contribution in [3.8, 4) is 0 Å². The second kappa shape index (κ2) is 5.59. The number of hydrogen-bond donors (Lipinski definition) is 2. The van der Waals surface area contributed by atoms with Crippen LogP contribution in [0.4, 0.5) is 5.69 Å². The Balaban J connectivity index is 2.15. The number of aliphatic hydroxyl groups excluding tert-OH is 2. The van der Waals surface area contributed by atoms with E-state index in [1.165, 1.54) is 0 Å². The van der Waals surface area contributed by atoms with Crippen molar-refractivity contribution in [3.63, 3.8) is 0 Å². The van der Waals surface area contributed by atoms with E-state index in [0.717, 1.165) is 35.2 Å². The first-order valence-electron chi connectivity index (χ1n) is 6.39. The van der Waals surface area contributed by atoms with Crippen LogP contribution < -0.4 is 4.90 Å². The van der Waals surface area contributed by atoms with Gasteiger partial charge in [0.25, 0.3) is 0 Å². The molecule has 1 fully saturated rings. The van der Waals surface area contributed by atoms with Crippen LogP contribution in [0.25, 0.3) is 0 Å². The lowest BCUT2D eigenvalue weighted by Gasteiger charge is -2.22. The molecule has 1 aliphatic rings. The number of aliphatic hydroxyl groups is 2. The molecule has 0 saturated carbocycles. The predicted octanol–water partition coefficient (Wildman–Crippen LogP) is 2.71. The van der Waals surface area contributed by atoms with Crippen LogP contribution in [-0.2, 0) is 0 Å². The summed E-state index contributed by atoms with van der Waals surface area (Å²) in [5, 5.41) is 19.2. The number of rotatable bonds is 3. The lowest BCUT2D eigenvalue weighted by atomic mass is 10.0. The number of nitrogens with zero attached hydrogens (tertiary/aromatic N) is 1. The Morgan fingerprint density at radius 2 is 2.06 bits per heavy atom. The van der Waals surface area contributed by atoms with E-state index in [0.29, 0.717) is 5.92 Å². The van der Waals surface area contributed by atoms with Crippen molar-refractivity contribution in [1.82, 2.24) is 0 Å². The van der Waals surface area contributed by atoms with E-state index in [-0.39, 0.29) is 6.10 Å². The van der Waals surface area contributed by atoms with Crippen LogP contribution in [0.15, 0.2) is 22.7 Å². The minimum absolute atomic E-state index is 0.245. The van der Waals surface area contributed by atoms with Crippen molar-refractivity contribution in [2.45, 2.75) is 32.5 Å². The van der Waals surface area contributed by atoms with Crippen molar-refractivity contribution in [1.29, 1.82) is 0 Å². The highest BCUT2D eigenvalue weighted by molar-refractivity contribution is 9.10. The van der Waals surface area contributed by atoms with Gasteiger partial charge in [0.15, 0.2) is 0 Å². The van der Waals surface area contributed by atoms with E-state index in [2.05, 4.69) is 20.8 Å². The fourth-order valence-corrected chi connectivity index (χ4v) is 3.09. The predicted molar refractivity (Wildman–Crippen MR) is 76.8 cm³/mol. The van der Waals surface area contributed by atoms with Crippen molar-refractivity contribution < 1.29 is 10.2 Å². The smallest absolute Gasteiger partial charge is 0.0762 e. The van der Waals surface area contributed by atoms with Gasteiger partial charge in [-0.2, -0.15) is 0 Å². The minimum Gasteiger partial charge on any atom is -0.393 e. The normalized spacial score (nSPS) is 23.2. The molecule has 1 aromatic carbocycles. The lowest BCUT2D eigenvalue weighted by molar-refractivity contribution is 0.136. The highest BCUT2D eigenvalue weighted by Crippen LogP contribution is 2.33. The van der Waals surface area contributed by atoms with Crippen LogP contribution >= 0.6 is 15.9 Å². The summed E-state index contributed by atoms with van der Waals surface area (Å²) in [7, 11) is 0. The van der Waals surface area contributed by atoms with Gasteiger partial charge in [-0.15, -0.1) is 0 Å². The van der Waals surface area contributed by atoms with E-state index in [4.69, 9.17) is 0 Å². The molecule has 0 amide bonds. The monoisotopic (exact) mass is 313 g/mol. The van der Waals surface area contributed by atoms with Gasteiger partial charge in [-0.05, 0) is 53.9 Å². The molecule has 0 aromatic heterocycles. The van der Waals surface area contributed by atoms with Crippen LogP contribution in [0, 0.1) is 5.92 Å². The number of hydrogen-bond acceptors (Lipinski definition) is 3. The average Bonchev–Trinajstić information content (AvgIpc) is 2.78. The van der Waals surface area contributed by atoms with E-state index < -0.39 is 6.10 Å². The zero-order chi connectivity index (χ0) is 13.3. The molecule has 1 heterocycles. The first-order chi connectivity index (χ1) is 8.49. The third-order valence-corrected chi connectivity index (χ3v) is 4.34. The average molecular weight is 314 g/mol. The Morgan fingerprint density at radius 1 is 1.33 bits per heavy atom. The van der Waals surface area contributed by atoms with Crippen molar-refractivity contribution in [2.75, 3.05) is 18.0 Å². The molecule has 3 unspecified atom stereocenters. The quantitative estimate of drug-likeness (QED) is 0.901. The SMILES string of the molecule is CC(O)c1ccc(N2CCC(C(C)O)C2)c(Br)c1. The Bertz CT molecular complexity index is 420. The van der Waals surface area contributed by atoms with Gasteiger partial charge < -0.3 is 15.1 Å². The summed E-state index contributed by atoms with van der Waals surface area (Å²) in [6.07, 6.45) is 0.340. The molecule has 2 N–H and O–H groups in total. The molecular formula is C14H20BrNO2. The Hall–Kier alpha value is -0.580. The van der Waals surface area contributed by atoms with Gasteiger partial charge >= 0.3 is 0 Å². The van der Waals surface area contributed by atoms with Crippen molar-refractivity contribution >= 4 is 21.6 Å². The fraction of sp³-hybridized carbons (Fsp3) is 0.571. The van der Waals surface area contributed by atoms with E-state index in [1.54, 1.807) is 6.92 Å². The molecular weight excluding hydrogens is 294 g/mol. The molecule has 100 valence electrons. The van der Waals surface area contributed by atoms with E-state index in [9.17, 15) is 10.2 Å². The molecule has 0 aliphatic carbocycles. The van der Waals surface area contributed by atoms with E-state index in [1.807, 2.05) is 25.1 Å². The zero-order valence-electron chi connectivity index (χ0n) is 10.8. The summed E-state index contributed by atoms with van der Waals surface area (Å²) < 4.78 is 1.01. The summed E-state index contributed by atoms with van der Waals surface area (Å²) in [5.41, 5.74) is 2.06. The molecule has 0 radical (unpaired) electrons. The first-order valence-corrected chi connectivity index (χ1v) is 7.19. The van der Waals surface area contributed by atoms with E-state index >= 15 is 0 Å². The second-order valence-corrected chi connectivity index (χ2v) is 5.98. The third kappa shape index (κ3) is 2.87. The Morgan fingerprint density at radius 3 is 2.56 bits per heavy atom. The van der Waals surface area contributed by atoms with Crippen LogP contribution in [-0.4, -0.2) is 29.4 Å². The van der Waals surface area contributed by atoms with Crippen LogP contribution in [0.1, 0.15) is 31.9 Å². The summed E-state index contributed by atoms with van der Waals surface area (Å²) >= 11 is 3.57. The highest BCUT2D eigenvalue weighted by Gasteiger charge is 2.27. The molecule has 3 nitrogen and oxygen atoms in total. The largest absolute Gasteiger partial charge is 0.393 e. The van der Waals surface area contributed by atoms with Crippen LogP contribution in [0.3, 0.4) is 0 Å². The standard InChI is InChI=1S/C14H20BrNO2/c1-9(17)11-3-4-14(13(15)7-11)16-6-5-12(8-16)10(2)18/h3-4,7,9-10,12,17-18H,5-6,8H2,1-2H3. The zero-order valence-corrected chi connectivity index (χ0v) is 12.4. The van der Waals surface area contributed by atoms with Gasteiger partial charge in [-0.1, -0.05) is 6.07 Å². The second-order valence-electron chi connectivity index (χ2n) is 5.12. The van der Waals surface area contributed by atoms with Gasteiger partial charge in [-0.3, -0.25) is 0 Å². The summed E-state index contributed by atoms with van der Waals surface area (Å²) in [5.74, 6) is 0.355. The van der Waals surface area contributed by atoms with Gasteiger partial charge in [0.05, 0.1) is 17.9 Å². The van der Waals surface area contributed by atoms with Gasteiger partial charge in [0.2, 0.25) is 0 Å². The maximum Gasteiger partial charge on any atom is 0.0762 e. The first kappa shape index (κ1) is 13.8. The number of halogens is 1. The highest BCUT2D eigenvalue weighted by atomic mass is 79.9. The molecule has 4 heteroatoms. The molecule has 1 aromatic rings. The molecule has 0 bridgehead atoms. The van der Waals surface area contributed by atoms with Crippen molar-refractivity contribution in [2.24, 2.45) is 5.92 Å². The Kier molecular flexibility index (Phi) is 4.30. The summed E-state index contributed by atoms with van der Waals surface area (Å²) in [6, 6.07) is 5.96. The van der Waals surface area contributed by atoms with Gasteiger partial charge in [-0.25, -0.2) is 0 Å².